The van der Waals surface area contributed by atoms with Crippen molar-refractivity contribution in [3.63, 3.8) is 0 Å². The fourth-order valence-electron chi connectivity index (χ4n) is 2.67. The SMILES string of the molecule is CCOC(=O)c1c(C)oc2ccc(NS(=O)(=O)c3ccc(C)cc3)cc12. The first-order valence-corrected chi connectivity index (χ1v) is 9.60. The molecule has 1 aromatic heterocycles. The number of hydrogen-bond donors (Lipinski definition) is 1. The van der Waals surface area contributed by atoms with Gasteiger partial charge in [-0.3, -0.25) is 4.72 Å². The molecule has 1 N–H and O–H groups in total. The smallest absolute Gasteiger partial charge is 0.342 e. The van der Waals surface area contributed by atoms with E-state index in [9.17, 15) is 13.2 Å². The van der Waals surface area contributed by atoms with E-state index in [2.05, 4.69) is 4.72 Å². The van der Waals surface area contributed by atoms with Crippen molar-refractivity contribution in [2.45, 2.75) is 25.7 Å². The van der Waals surface area contributed by atoms with Gasteiger partial charge in [0.25, 0.3) is 10.0 Å². The normalized spacial score (nSPS) is 11.5. The number of ether oxygens (including phenoxy) is 1. The molecule has 0 unspecified atom stereocenters. The molecule has 26 heavy (non-hydrogen) atoms. The first-order chi connectivity index (χ1) is 12.3. The van der Waals surface area contributed by atoms with E-state index in [0.717, 1.165) is 5.56 Å². The molecule has 0 aliphatic heterocycles. The number of furan rings is 1. The highest BCUT2D eigenvalue weighted by atomic mass is 32.2. The largest absolute Gasteiger partial charge is 0.462 e. The minimum atomic E-state index is -3.73. The van der Waals surface area contributed by atoms with Crippen molar-refractivity contribution in [2.24, 2.45) is 0 Å². The van der Waals surface area contributed by atoms with Crippen LogP contribution in [0, 0.1) is 13.8 Å². The lowest BCUT2D eigenvalue weighted by Gasteiger charge is -2.08. The van der Waals surface area contributed by atoms with E-state index in [-0.39, 0.29) is 11.5 Å². The van der Waals surface area contributed by atoms with Crippen molar-refractivity contribution in [3.05, 3.63) is 59.4 Å². The van der Waals surface area contributed by atoms with E-state index in [0.29, 0.717) is 28.0 Å². The molecule has 0 aliphatic rings. The monoisotopic (exact) mass is 373 g/mol. The highest BCUT2D eigenvalue weighted by molar-refractivity contribution is 7.92. The third-order valence-corrected chi connectivity index (χ3v) is 5.32. The molecular weight excluding hydrogens is 354 g/mol. The van der Waals surface area contributed by atoms with Crippen LogP contribution in [0.15, 0.2) is 51.8 Å². The number of carbonyl (C=O) groups is 1. The predicted octanol–water partition coefficient (Wildman–Crippen LogP) is 4.03. The summed E-state index contributed by atoms with van der Waals surface area (Å²) in [6.07, 6.45) is 0. The molecule has 3 rings (SSSR count). The molecule has 7 heteroatoms. The Hall–Kier alpha value is -2.80. The molecule has 0 saturated heterocycles. The number of nitrogens with one attached hydrogen (secondary N) is 1. The maximum Gasteiger partial charge on any atom is 0.342 e. The van der Waals surface area contributed by atoms with Gasteiger partial charge in [-0.2, -0.15) is 0 Å². The van der Waals surface area contributed by atoms with Gasteiger partial charge >= 0.3 is 5.97 Å². The van der Waals surface area contributed by atoms with Crippen LogP contribution in [0.1, 0.15) is 28.6 Å². The molecule has 0 aliphatic carbocycles. The Bertz CT molecular complexity index is 1070. The first kappa shape index (κ1) is 18.0. The average molecular weight is 373 g/mol. The van der Waals surface area contributed by atoms with Crippen LogP contribution in [0.3, 0.4) is 0 Å². The van der Waals surface area contributed by atoms with Gasteiger partial charge in [-0.15, -0.1) is 0 Å². The van der Waals surface area contributed by atoms with Crippen molar-refractivity contribution < 1.29 is 22.4 Å². The van der Waals surface area contributed by atoms with Crippen LogP contribution >= 0.6 is 0 Å². The minimum Gasteiger partial charge on any atom is -0.462 e. The lowest BCUT2D eigenvalue weighted by Crippen LogP contribution is -2.13. The third kappa shape index (κ3) is 3.43. The summed E-state index contributed by atoms with van der Waals surface area (Å²) in [5.74, 6) is -0.0701. The van der Waals surface area contributed by atoms with Crippen molar-refractivity contribution in [2.75, 3.05) is 11.3 Å². The van der Waals surface area contributed by atoms with Crippen molar-refractivity contribution in [1.29, 1.82) is 0 Å². The van der Waals surface area contributed by atoms with Gasteiger partial charge in [-0.25, -0.2) is 13.2 Å². The fraction of sp³-hybridized carbons (Fsp3) is 0.211. The molecule has 0 saturated carbocycles. The second kappa shape index (κ2) is 6.84. The Morgan fingerprint density at radius 3 is 2.46 bits per heavy atom. The summed E-state index contributed by atoms with van der Waals surface area (Å²) in [6.45, 7) is 5.51. The van der Waals surface area contributed by atoms with Gasteiger partial charge in [0.05, 0.1) is 11.5 Å². The Labute approximate surface area is 151 Å². The Kier molecular flexibility index (Phi) is 4.73. The van der Waals surface area contributed by atoms with E-state index in [4.69, 9.17) is 9.15 Å². The second-order valence-electron chi connectivity index (χ2n) is 5.88. The zero-order chi connectivity index (χ0) is 18.9. The molecule has 0 amide bonds. The Balaban J connectivity index is 1.99. The highest BCUT2D eigenvalue weighted by Crippen LogP contribution is 2.29. The van der Waals surface area contributed by atoms with Crippen LogP contribution in [-0.2, 0) is 14.8 Å². The van der Waals surface area contributed by atoms with Gasteiger partial charge in [-0.1, -0.05) is 17.7 Å². The van der Waals surface area contributed by atoms with Gasteiger partial charge in [0.1, 0.15) is 16.9 Å². The Morgan fingerprint density at radius 2 is 1.81 bits per heavy atom. The summed E-state index contributed by atoms with van der Waals surface area (Å²) >= 11 is 0. The van der Waals surface area contributed by atoms with E-state index < -0.39 is 16.0 Å². The molecule has 136 valence electrons. The van der Waals surface area contributed by atoms with Crippen LogP contribution in [0.5, 0.6) is 0 Å². The van der Waals surface area contributed by atoms with Crippen LogP contribution in [0.2, 0.25) is 0 Å². The van der Waals surface area contributed by atoms with Gasteiger partial charge in [-0.05, 0) is 51.1 Å². The molecule has 3 aromatic rings. The van der Waals surface area contributed by atoms with Crippen molar-refractivity contribution in [3.8, 4) is 0 Å². The highest BCUT2D eigenvalue weighted by Gasteiger charge is 2.21. The zero-order valence-electron chi connectivity index (χ0n) is 14.7. The average Bonchev–Trinajstić information content (AvgIpc) is 2.90. The van der Waals surface area contributed by atoms with Crippen LogP contribution in [0.4, 0.5) is 5.69 Å². The molecule has 0 radical (unpaired) electrons. The summed E-state index contributed by atoms with van der Waals surface area (Å²) in [6, 6.07) is 11.3. The van der Waals surface area contributed by atoms with E-state index in [1.807, 2.05) is 6.92 Å². The summed E-state index contributed by atoms with van der Waals surface area (Å²) in [5, 5.41) is 0.505. The van der Waals surface area contributed by atoms with Crippen LogP contribution < -0.4 is 4.72 Å². The molecule has 0 spiro atoms. The second-order valence-corrected chi connectivity index (χ2v) is 7.57. The summed E-state index contributed by atoms with van der Waals surface area (Å²) in [7, 11) is -3.73. The number of esters is 1. The summed E-state index contributed by atoms with van der Waals surface area (Å²) in [5.41, 5.74) is 2.10. The maximum absolute atomic E-state index is 12.5. The third-order valence-electron chi connectivity index (χ3n) is 3.93. The van der Waals surface area contributed by atoms with Gasteiger partial charge < -0.3 is 9.15 Å². The summed E-state index contributed by atoms with van der Waals surface area (Å²) < 4.78 is 38.3. The van der Waals surface area contributed by atoms with E-state index in [1.165, 1.54) is 0 Å². The van der Waals surface area contributed by atoms with Crippen LogP contribution in [0.25, 0.3) is 11.0 Å². The number of hydrogen-bond acceptors (Lipinski definition) is 5. The van der Waals surface area contributed by atoms with Crippen molar-refractivity contribution >= 4 is 32.6 Å². The van der Waals surface area contributed by atoms with Gasteiger partial charge in [0.2, 0.25) is 0 Å². The number of benzene rings is 2. The van der Waals surface area contributed by atoms with Crippen LogP contribution in [-0.4, -0.2) is 21.0 Å². The number of sulfonamides is 1. The molecule has 2 aromatic carbocycles. The number of fused-ring (bicyclic) bond motifs is 1. The standard InChI is InChI=1S/C19H19NO5S/c1-4-24-19(21)18-13(3)25-17-10-7-14(11-16(17)18)20-26(22,23)15-8-5-12(2)6-9-15/h5-11,20H,4H2,1-3H3. The lowest BCUT2D eigenvalue weighted by molar-refractivity contribution is 0.0526. The number of anilines is 1. The van der Waals surface area contributed by atoms with E-state index in [1.54, 1.807) is 56.3 Å². The molecule has 6 nitrogen and oxygen atoms in total. The topological polar surface area (TPSA) is 85.6 Å². The predicted molar refractivity (Wildman–Crippen MR) is 98.9 cm³/mol. The summed E-state index contributed by atoms with van der Waals surface area (Å²) in [4.78, 5) is 12.3. The van der Waals surface area contributed by atoms with Gasteiger partial charge in [0.15, 0.2) is 0 Å². The number of rotatable bonds is 5. The lowest BCUT2D eigenvalue weighted by atomic mass is 10.1. The van der Waals surface area contributed by atoms with Crippen molar-refractivity contribution in [1.82, 2.24) is 0 Å². The number of carbonyl (C=O) groups excluding carboxylic acids is 1. The zero-order valence-corrected chi connectivity index (χ0v) is 15.5. The minimum absolute atomic E-state index is 0.164. The van der Waals surface area contributed by atoms with E-state index >= 15 is 0 Å². The quantitative estimate of drug-likeness (QED) is 0.683. The first-order valence-electron chi connectivity index (χ1n) is 8.11. The maximum atomic E-state index is 12.5. The molecular formula is C19H19NO5S. The van der Waals surface area contributed by atoms with Gasteiger partial charge in [0, 0.05) is 11.1 Å². The molecule has 1 heterocycles. The number of aryl methyl sites for hydroxylation is 2. The fourth-order valence-corrected chi connectivity index (χ4v) is 3.72. The molecule has 0 bridgehead atoms. The Morgan fingerprint density at radius 1 is 1.12 bits per heavy atom. The molecule has 0 fully saturated rings. The molecule has 0 atom stereocenters.